The SMILES string of the molecule is N=C1S/C(=C/c2ccc(Br)cc2)C(=O)N1c1ccc(F)cc1. The summed E-state index contributed by atoms with van der Waals surface area (Å²) in [6, 6.07) is 13.1. The van der Waals surface area contributed by atoms with Gasteiger partial charge in [-0.25, -0.2) is 4.39 Å². The molecule has 2 aromatic carbocycles. The van der Waals surface area contributed by atoms with E-state index >= 15 is 0 Å². The summed E-state index contributed by atoms with van der Waals surface area (Å²) in [6.45, 7) is 0. The van der Waals surface area contributed by atoms with Crippen LogP contribution < -0.4 is 4.90 Å². The van der Waals surface area contributed by atoms with E-state index in [-0.39, 0.29) is 16.9 Å². The number of nitrogens with one attached hydrogen (secondary N) is 1. The molecule has 3 rings (SSSR count). The van der Waals surface area contributed by atoms with Gasteiger partial charge in [0.2, 0.25) is 0 Å². The van der Waals surface area contributed by atoms with Crippen molar-refractivity contribution in [2.75, 3.05) is 4.90 Å². The molecule has 0 spiro atoms. The van der Waals surface area contributed by atoms with Crippen LogP contribution in [-0.4, -0.2) is 11.1 Å². The third-order valence-electron chi connectivity index (χ3n) is 3.08. The largest absolute Gasteiger partial charge is 0.278 e. The normalized spacial score (nSPS) is 16.6. The number of amidine groups is 1. The molecule has 0 aliphatic carbocycles. The molecule has 1 heterocycles. The van der Waals surface area contributed by atoms with Gasteiger partial charge < -0.3 is 0 Å². The monoisotopic (exact) mass is 376 g/mol. The lowest BCUT2D eigenvalue weighted by Gasteiger charge is -2.13. The van der Waals surface area contributed by atoms with Gasteiger partial charge in [0.25, 0.3) is 5.91 Å². The van der Waals surface area contributed by atoms with Crippen LogP contribution in [0.25, 0.3) is 6.08 Å². The maximum Gasteiger partial charge on any atom is 0.271 e. The fraction of sp³-hybridized carbons (Fsp3) is 0. The number of amides is 1. The second-order valence-electron chi connectivity index (χ2n) is 4.58. The first kappa shape index (κ1) is 15.0. The molecule has 1 amide bonds. The Bertz CT molecular complexity index is 772. The predicted molar refractivity (Wildman–Crippen MR) is 91.3 cm³/mol. The van der Waals surface area contributed by atoms with Crippen molar-refractivity contribution >= 4 is 50.5 Å². The fourth-order valence-corrected chi connectivity index (χ4v) is 3.15. The first-order valence-corrected chi connectivity index (χ1v) is 7.99. The van der Waals surface area contributed by atoms with E-state index in [1.54, 1.807) is 6.08 Å². The Morgan fingerprint density at radius 1 is 1.09 bits per heavy atom. The molecule has 22 heavy (non-hydrogen) atoms. The van der Waals surface area contributed by atoms with Gasteiger partial charge in [-0.05, 0) is 59.8 Å². The molecular formula is C16H10BrFN2OS. The van der Waals surface area contributed by atoms with Crippen LogP contribution in [0.2, 0.25) is 0 Å². The van der Waals surface area contributed by atoms with E-state index in [0.717, 1.165) is 21.8 Å². The number of carbonyl (C=O) groups excluding carboxylic acids is 1. The number of nitrogens with zero attached hydrogens (tertiary/aromatic N) is 1. The minimum atomic E-state index is -0.375. The highest BCUT2D eigenvalue weighted by Gasteiger charge is 2.33. The number of anilines is 1. The summed E-state index contributed by atoms with van der Waals surface area (Å²) in [6.07, 6.45) is 1.75. The van der Waals surface area contributed by atoms with E-state index < -0.39 is 0 Å². The molecule has 1 aliphatic heterocycles. The number of hydrogen-bond donors (Lipinski definition) is 1. The Morgan fingerprint density at radius 3 is 2.36 bits per heavy atom. The highest BCUT2D eigenvalue weighted by molar-refractivity contribution is 9.10. The summed E-state index contributed by atoms with van der Waals surface area (Å²) in [5.74, 6) is -0.648. The molecule has 0 saturated carbocycles. The van der Waals surface area contributed by atoms with Crippen molar-refractivity contribution in [2.24, 2.45) is 0 Å². The summed E-state index contributed by atoms with van der Waals surface area (Å²) >= 11 is 4.45. The third-order valence-corrected chi connectivity index (χ3v) is 4.49. The Kier molecular flexibility index (Phi) is 4.13. The number of rotatable bonds is 2. The van der Waals surface area contributed by atoms with Crippen LogP contribution in [0.5, 0.6) is 0 Å². The molecular weight excluding hydrogens is 367 g/mol. The Labute approximate surface area is 139 Å². The summed E-state index contributed by atoms with van der Waals surface area (Å²) in [7, 11) is 0. The lowest BCUT2D eigenvalue weighted by atomic mass is 10.2. The van der Waals surface area contributed by atoms with Crippen LogP contribution in [0.4, 0.5) is 10.1 Å². The van der Waals surface area contributed by atoms with Gasteiger partial charge in [0.15, 0.2) is 5.17 Å². The average molecular weight is 377 g/mol. The third kappa shape index (κ3) is 2.98. The molecule has 6 heteroatoms. The molecule has 1 N–H and O–H groups in total. The van der Waals surface area contributed by atoms with Gasteiger partial charge in [0.1, 0.15) is 5.82 Å². The van der Waals surface area contributed by atoms with Crippen LogP contribution in [0.3, 0.4) is 0 Å². The van der Waals surface area contributed by atoms with Gasteiger partial charge in [0.05, 0.1) is 10.6 Å². The Hall–Kier alpha value is -1.92. The number of thioether (sulfide) groups is 1. The van der Waals surface area contributed by atoms with E-state index in [9.17, 15) is 9.18 Å². The van der Waals surface area contributed by atoms with Crippen LogP contribution in [-0.2, 0) is 4.79 Å². The zero-order valence-corrected chi connectivity index (χ0v) is 13.6. The zero-order valence-electron chi connectivity index (χ0n) is 11.2. The summed E-state index contributed by atoms with van der Waals surface area (Å²) in [5.41, 5.74) is 1.37. The number of hydrogen-bond acceptors (Lipinski definition) is 3. The van der Waals surface area contributed by atoms with Gasteiger partial charge >= 0.3 is 0 Å². The quantitative estimate of drug-likeness (QED) is 0.775. The van der Waals surface area contributed by atoms with E-state index in [0.29, 0.717) is 10.6 Å². The van der Waals surface area contributed by atoms with Gasteiger partial charge in [-0.2, -0.15) is 0 Å². The maximum atomic E-state index is 13.0. The fourth-order valence-electron chi connectivity index (χ4n) is 2.02. The van der Waals surface area contributed by atoms with Crippen molar-refractivity contribution < 1.29 is 9.18 Å². The standard InChI is InChI=1S/C16H10BrFN2OS/c17-11-3-1-10(2-4-11)9-14-15(21)20(16(19)22-14)13-7-5-12(18)6-8-13/h1-9,19H/b14-9+,19-16?. The molecule has 1 saturated heterocycles. The second kappa shape index (κ2) is 6.06. The Morgan fingerprint density at radius 2 is 1.73 bits per heavy atom. The second-order valence-corrected chi connectivity index (χ2v) is 6.53. The van der Waals surface area contributed by atoms with Crippen molar-refractivity contribution in [1.29, 1.82) is 5.41 Å². The molecule has 1 aliphatic rings. The van der Waals surface area contributed by atoms with Crippen LogP contribution in [0.1, 0.15) is 5.56 Å². The summed E-state index contributed by atoms with van der Waals surface area (Å²) in [5, 5.41) is 8.09. The van der Waals surface area contributed by atoms with Gasteiger partial charge in [-0.3, -0.25) is 15.1 Å². The molecule has 1 fully saturated rings. The first-order valence-electron chi connectivity index (χ1n) is 6.38. The zero-order chi connectivity index (χ0) is 15.7. The number of benzene rings is 2. The molecule has 3 nitrogen and oxygen atoms in total. The number of carbonyl (C=O) groups is 1. The van der Waals surface area contributed by atoms with Gasteiger partial charge in [0, 0.05) is 4.47 Å². The van der Waals surface area contributed by atoms with Gasteiger partial charge in [-0.1, -0.05) is 28.1 Å². The average Bonchev–Trinajstić information content (AvgIpc) is 2.77. The van der Waals surface area contributed by atoms with E-state index in [2.05, 4.69) is 15.9 Å². The maximum absolute atomic E-state index is 13.0. The molecule has 2 aromatic rings. The minimum absolute atomic E-state index is 0.111. The van der Waals surface area contributed by atoms with Crippen LogP contribution in [0.15, 0.2) is 57.9 Å². The lowest BCUT2D eigenvalue weighted by Crippen LogP contribution is -2.28. The Balaban J connectivity index is 1.91. The number of halogens is 2. The van der Waals surface area contributed by atoms with Gasteiger partial charge in [-0.15, -0.1) is 0 Å². The minimum Gasteiger partial charge on any atom is -0.278 e. The highest BCUT2D eigenvalue weighted by Crippen LogP contribution is 2.35. The van der Waals surface area contributed by atoms with E-state index in [1.807, 2.05) is 24.3 Å². The topological polar surface area (TPSA) is 44.2 Å². The van der Waals surface area contributed by atoms with E-state index in [1.165, 1.54) is 29.2 Å². The molecule has 0 radical (unpaired) electrons. The lowest BCUT2D eigenvalue weighted by molar-refractivity contribution is -0.113. The molecule has 110 valence electrons. The molecule has 0 unspecified atom stereocenters. The summed E-state index contributed by atoms with van der Waals surface area (Å²) in [4.78, 5) is 14.2. The smallest absolute Gasteiger partial charge is 0.271 e. The molecule has 0 aromatic heterocycles. The predicted octanol–water partition coefficient (Wildman–Crippen LogP) is 4.64. The van der Waals surface area contributed by atoms with Crippen molar-refractivity contribution in [2.45, 2.75) is 0 Å². The van der Waals surface area contributed by atoms with Crippen molar-refractivity contribution in [3.05, 3.63) is 69.3 Å². The summed E-state index contributed by atoms with van der Waals surface area (Å²) < 4.78 is 13.9. The van der Waals surface area contributed by atoms with Crippen molar-refractivity contribution in [3.8, 4) is 0 Å². The molecule has 0 bridgehead atoms. The van der Waals surface area contributed by atoms with Crippen molar-refractivity contribution in [3.63, 3.8) is 0 Å². The van der Waals surface area contributed by atoms with E-state index in [4.69, 9.17) is 5.41 Å². The highest BCUT2D eigenvalue weighted by atomic mass is 79.9. The molecule has 0 atom stereocenters. The van der Waals surface area contributed by atoms with Crippen LogP contribution in [0, 0.1) is 11.2 Å². The van der Waals surface area contributed by atoms with Crippen LogP contribution >= 0.6 is 27.7 Å². The van der Waals surface area contributed by atoms with Crippen molar-refractivity contribution in [1.82, 2.24) is 0 Å². The first-order chi connectivity index (χ1) is 10.5.